The molecule has 9 nitrogen and oxygen atoms in total. The molecule has 1 saturated carbocycles. The van der Waals surface area contributed by atoms with Crippen molar-refractivity contribution < 1.29 is 19.1 Å². The van der Waals surface area contributed by atoms with Crippen molar-refractivity contribution in [2.24, 2.45) is 0 Å². The molecule has 216 valence electrons. The third-order valence-electron chi connectivity index (χ3n) is 7.13. The molecule has 1 aromatic heterocycles. The summed E-state index contributed by atoms with van der Waals surface area (Å²) in [6.07, 6.45) is 1.45. The molecule has 4 aromatic rings. The van der Waals surface area contributed by atoms with E-state index in [1.165, 1.54) is 28.0 Å². The van der Waals surface area contributed by atoms with Crippen molar-refractivity contribution in [1.82, 2.24) is 15.2 Å². The molecule has 3 amide bonds. The maximum Gasteiger partial charge on any atom is 0.412 e. The van der Waals surface area contributed by atoms with E-state index in [1.807, 2.05) is 47.8 Å². The summed E-state index contributed by atoms with van der Waals surface area (Å²) < 4.78 is 5.65. The van der Waals surface area contributed by atoms with E-state index in [4.69, 9.17) is 4.74 Å². The van der Waals surface area contributed by atoms with Gasteiger partial charge in [-0.3, -0.25) is 14.5 Å². The minimum Gasteiger partial charge on any atom is -0.444 e. The first-order chi connectivity index (χ1) is 21.0. The third-order valence-corrected chi connectivity index (χ3v) is 9.21. The Morgan fingerprint density at radius 2 is 1.74 bits per heavy atom. The number of aromatic nitrogens is 1. The predicted octanol–water partition coefficient (Wildman–Crippen LogP) is 5.97. The zero-order chi connectivity index (χ0) is 29.8. The lowest BCUT2D eigenvalue weighted by atomic mass is 10.1. The largest absolute Gasteiger partial charge is 0.444 e. The molecule has 2 atom stereocenters. The molecule has 0 radical (unpaired) electrons. The molecule has 1 aliphatic heterocycles. The Morgan fingerprint density at radius 3 is 2.44 bits per heavy atom. The van der Waals surface area contributed by atoms with Gasteiger partial charge in [-0.15, -0.1) is 23.1 Å². The van der Waals surface area contributed by atoms with Crippen LogP contribution in [0.25, 0.3) is 11.3 Å². The van der Waals surface area contributed by atoms with Crippen molar-refractivity contribution in [2.45, 2.75) is 36.9 Å². The topological polar surface area (TPSA) is 124 Å². The van der Waals surface area contributed by atoms with Crippen LogP contribution in [0.2, 0.25) is 0 Å². The van der Waals surface area contributed by atoms with Crippen molar-refractivity contribution in [3.63, 3.8) is 0 Å². The van der Waals surface area contributed by atoms with E-state index in [1.54, 1.807) is 36.4 Å². The Kier molecular flexibility index (Phi) is 8.40. The molecule has 1 aliphatic carbocycles. The van der Waals surface area contributed by atoms with Gasteiger partial charge in [0.2, 0.25) is 5.91 Å². The highest BCUT2D eigenvalue weighted by Gasteiger charge is 2.43. The molecule has 2 N–H and O–H groups in total. The number of rotatable bonds is 8. The number of hydrogen-bond donors (Lipinski definition) is 2. The Balaban J connectivity index is 1.16. The van der Waals surface area contributed by atoms with Crippen LogP contribution in [0.5, 0.6) is 0 Å². The van der Waals surface area contributed by atoms with Crippen LogP contribution < -0.4 is 10.6 Å². The molecular weight excluding hydrogens is 583 g/mol. The first-order valence-corrected chi connectivity index (χ1v) is 15.7. The fraction of sp³-hybridized carbons (Fsp3) is 0.219. The summed E-state index contributed by atoms with van der Waals surface area (Å²) in [5, 5.41) is 16.8. The number of ether oxygens (including phenoxy) is 1. The van der Waals surface area contributed by atoms with Gasteiger partial charge < -0.3 is 15.4 Å². The van der Waals surface area contributed by atoms with Gasteiger partial charge in [0.1, 0.15) is 18.0 Å². The maximum atomic E-state index is 13.5. The molecule has 0 bridgehead atoms. The van der Waals surface area contributed by atoms with Gasteiger partial charge in [-0.25, -0.2) is 9.78 Å². The van der Waals surface area contributed by atoms with E-state index in [0.29, 0.717) is 27.7 Å². The number of nitriles is 1. The van der Waals surface area contributed by atoms with Gasteiger partial charge in [0.05, 0.1) is 17.3 Å². The molecule has 0 spiro atoms. The van der Waals surface area contributed by atoms with Crippen LogP contribution >= 0.6 is 23.1 Å². The fourth-order valence-electron chi connectivity index (χ4n) is 4.65. The number of carbonyl (C=O) groups is 3. The molecule has 43 heavy (non-hydrogen) atoms. The van der Waals surface area contributed by atoms with Crippen molar-refractivity contribution in [3.05, 3.63) is 106 Å². The summed E-state index contributed by atoms with van der Waals surface area (Å²) in [5.74, 6) is -0.0892. The average Bonchev–Trinajstić information content (AvgIpc) is 3.54. The SMILES string of the molecule is N#Cc1ccc(C2SCC(C(=O)Nc3nc(-c4ccc(C(=O)NC5CC5)cc4)cs3)N2C(=O)OCc2ccccc2)cc1. The summed E-state index contributed by atoms with van der Waals surface area (Å²) in [7, 11) is 0. The second kappa shape index (κ2) is 12.7. The highest BCUT2D eigenvalue weighted by molar-refractivity contribution is 7.99. The number of nitrogens with one attached hydrogen (secondary N) is 2. The number of nitrogens with zero attached hydrogens (tertiary/aromatic N) is 3. The predicted molar refractivity (Wildman–Crippen MR) is 165 cm³/mol. The molecule has 6 rings (SSSR count). The van der Waals surface area contributed by atoms with Gasteiger partial charge in [0, 0.05) is 28.3 Å². The standard InChI is InChI=1S/C32H27N5O4S2/c33-16-20-6-8-24(9-7-20)30-37(32(40)41-17-21-4-2-1-3-5-21)27(19-42-30)29(39)36-31-35-26(18-43-31)22-10-12-23(13-11-22)28(38)34-25-14-15-25/h1-13,18,25,27,30H,14-15,17,19H2,(H,34,38)(H,35,36,39). The van der Waals surface area contributed by atoms with Gasteiger partial charge in [-0.05, 0) is 48.2 Å². The Labute approximate surface area is 256 Å². The minimum absolute atomic E-state index is 0.0755. The Bertz CT molecular complexity index is 1660. The van der Waals surface area contributed by atoms with E-state index in [-0.39, 0.29) is 24.5 Å². The molecule has 2 fully saturated rings. The molecule has 3 aromatic carbocycles. The zero-order valence-corrected chi connectivity index (χ0v) is 24.6. The molecule has 1 saturated heterocycles. The smallest absolute Gasteiger partial charge is 0.412 e. The van der Waals surface area contributed by atoms with Crippen molar-refractivity contribution in [1.29, 1.82) is 5.26 Å². The van der Waals surface area contributed by atoms with Gasteiger partial charge >= 0.3 is 6.09 Å². The summed E-state index contributed by atoms with van der Waals surface area (Å²) in [6.45, 7) is 0.0755. The molecule has 11 heteroatoms. The maximum absolute atomic E-state index is 13.5. The number of thiazole rings is 1. The van der Waals surface area contributed by atoms with Crippen molar-refractivity contribution in [3.8, 4) is 17.3 Å². The van der Waals surface area contributed by atoms with E-state index in [0.717, 1.165) is 29.5 Å². The Hall–Kier alpha value is -4.66. The monoisotopic (exact) mass is 609 g/mol. The summed E-state index contributed by atoms with van der Waals surface area (Å²) in [4.78, 5) is 45.3. The van der Waals surface area contributed by atoms with Crippen LogP contribution in [0, 0.1) is 11.3 Å². The Morgan fingerprint density at radius 1 is 1.00 bits per heavy atom. The third kappa shape index (κ3) is 6.71. The zero-order valence-electron chi connectivity index (χ0n) is 22.9. The fourth-order valence-corrected chi connectivity index (χ4v) is 6.79. The van der Waals surface area contributed by atoms with E-state index in [9.17, 15) is 19.6 Å². The van der Waals surface area contributed by atoms with Crippen LogP contribution in [0.4, 0.5) is 9.93 Å². The van der Waals surface area contributed by atoms with E-state index >= 15 is 0 Å². The van der Waals surface area contributed by atoms with Crippen LogP contribution in [-0.2, 0) is 16.1 Å². The first-order valence-electron chi connectivity index (χ1n) is 13.8. The van der Waals surface area contributed by atoms with E-state index in [2.05, 4.69) is 21.7 Å². The van der Waals surface area contributed by atoms with Crippen LogP contribution in [-0.4, -0.2) is 45.6 Å². The van der Waals surface area contributed by atoms with E-state index < -0.39 is 17.5 Å². The van der Waals surface area contributed by atoms with Crippen molar-refractivity contribution in [2.75, 3.05) is 11.1 Å². The van der Waals surface area contributed by atoms with Gasteiger partial charge in [0.15, 0.2) is 5.13 Å². The average molecular weight is 610 g/mol. The normalized spacial score (nSPS) is 17.6. The first kappa shape index (κ1) is 28.5. The highest BCUT2D eigenvalue weighted by atomic mass is 32.2. The minimum atomic E-state index is -0.800. The second-order valence-corrected chi connectivity index (χ2v) is 12.2. The van der Waals surface area contributed by atoms with Crippen LogP contribution in [0.1, 0.15) is 45.3 Å². The summed E-state index contributed by atoms with van der Waals surface area (Å²) >= 11 is 2.74. The lowest BCUT2D eigenvalue weighted by Gasteiger charge is -2.28. The number of anilines is 1. The highest BCUT2D eigenvalue weighted by Crippen LogP contribution is 2.42. The number of hydrogen-bond acceptors (Lipinski definition) is 8. The lowest BCUT2D eigenvalue weighted by Crippen LogP contribution is -2.45. The molecule has 2 aliphatic rings. The van der Waals surface area contributed by atoms with Crippen LogP contribution in [0.15, 0.2) is 84.2 Å². The number of benzene rings is 3. The van der Waals surface area contributed by atoms with Gasteiger partial charge in [0.25, 0.3) is 5.91 Å². The number of thioether (sulfide) groups is 1. The van der Waals surface area contributed by atoms with Crippen molar-refractivity contribution >= 4 is 46.1 Å². The quantitative estimate of drug-likeness (QED) is 0.252. The number of amides is 3. The second-order valence-electron chi connectivity index (χ2n) is 10.2. The number of carbonyl (C=O) groups excluding carboxylic acids is 3. The lowest BCUT2D eigenvalue weighted by molar-refractivity contribution is -0.120. The van der Waals surface area contributed by atoms with Gasteiger partial charge in [-0.2, -0.15) is 5.26 Å². The molecule has 2 unspecified atom stereocenters. The molecule has 2 heterocycles. The van der Waals surface area contributed by atoms with Crippen LogP contribution in [0.3, 0.4) is 0 Å². The van der Waals surface area contributed by atoms with Gasteiger partial charge in [-0.1, -0.05) is 54.6 Å². The summed E-state index contributed by atoms with van der Waals surface area (Å²) in [5.41, 5.74) is 4.23. The summed E-state index contributed by atoms with van der Waals surface area (Å²) in [6, 6.07) is 25.1. The molecular formula is C32H27N5O4S2.